The van der Waals surface area contributed by atoms with Crippen molar-refractivity contribution in [2.24, 2.45) is 0 Å². The number of esters is 1. The second kappa shape index (κ2) is 3.74. The number of hydrogen-bond donors (Lipinski definition) is 1. The summed E-state index contributed by atoms with van der Waals surface area (Å²) in [5.41, 5.74) is 0. The molecule has 0 aromatic heterocycles. The van der Waals surface area contributed by atoms with E-state index in [1.165, 1.54) is 13.8 Å². The van der Waals surface area contributed by atoms with Gasteiger partial charge in [0.2, 0.25) is 0 Å². The Morgan fingerprint density at radius 1 is 1.70 bits per heavy atom. The minimum Gasteiger partial charge on any atom is -0.469 e. The summed E-state index contributed by atoms with van der Waals surface area (Å²) in [4.78, 5) is 19.1. The van der Waals surface area contributed by atoms with Crippen molar-refractivity contribution in [1.82, 2.24) is 0 Å². The van der Waals surface area contributed by atoms with Crippen LogP contribution in [0.15, 0.2) is 0 Å². The van der Waals surface area contributed by atoms with Crippen LogP contribution in [0.3, 0.4) is 0 Å². The van der Waals surface area contributed by atoms with Gasteiger partial charge >= 0.3 is 5.97 Å². The molecule has 0 fully saturated rings. The highest BCUT2D eigenvalue weighted by Crippen LogP contribution is 2.35. The van der Waals surface area contributed by atoms with E-state index in [9.17, 15) is 9.36 Å². The number of carbonyl (C=O) groups excluding carboxylic acids is 1. The third kappa shape index (κ3) is 5.79. The van der Waals surface area contributed by atoms with Gasteiger partial charge in [-0.25, -0.2) is 0 Å². The summed E-state index contributed by atoms with van der Waals surface area (Å²) in [5, 5.41) is 0. The van der Waals surface area contributed by atoms with Crippen molar-refractivity contribution >= 4 is 13.3 Å². The Balaban J connectivity index is 3.56. The number of hydrogen-bond acceptors (Lipinski definition) is 3. The average Bonchev–Trinajstić information content (AvgIpc) is 1.81. The molecule has 1 atom stereocenters. The van der Waals surface area contributed by atoms with Crippen LogP contribution in [0, 0.1) is 0 Å². The van der Waals surface area contributed by atoms with Crippen molar-refractivity contribution in [3.8, 4) is 0 Å². The van der Waals surface area contributed by atoms with Crippen molar-refractivity contribution in [2.45, 2.75) is 6.42 Å². The van der Waals surface area contributed by atoms with Crippen molar-refractivity contribution in [3.63, 3.8) is 0 Å². The largest absolute Gasteiger partial charge is 0.469 e. The molecule has 0 aromatic carbocycles. The van der Waals surface area contributed by atoms with Crippen LogP contribution in [-0.4, -0.2) is 30.8 Å². The smallest absolute Gasteiger partial charge is 0.306 e. The second-order valence-electron chi connectivity index (χ2n) is 2.10. The standard InChI is InChI=1S/C5H11O4P/c1-9-5(6)3-4-10(2,7)8/h3-4H2,1-2H3,(H,7,8). The quantitative estimate of drug-likeness (QED) is 0.488. The maximum Gasteiger partial charge on any atom is 0.306 e. The summed E-state index contributed by atoms with van der Waals surface area (Å²) < 4.78 is 14.9. The van der Waals surface area contributed by atoms with Gasteiger partial charge in [-0.2, -0.15) is 0 Å². The number of rotatable bonds is 3. The van der Waals surface area contributed by atoms with E-state index in [4.69, 9.17) is 4.89 Å². The minimum absolute atomic E-state index is 0.000324. The monoisotopic (exact) mass is 166 g/mol. The summed E-state index contributed by atoms with van der Waals surface area (Å²) >= 11 is 0. The molecule has 4 nitrogen and oxygen atoms in total. The first kappa shape index (κ1) is 9.66. The average molecular weight is 166 g/mol. The number of carbonyl (C=O) groups is 1. The molecule has 0 bridgehead atoms. The molecular formula is C5H11O4P. The van der Waals surface area contributed by atoms with Crippen molar-refractivity contribution < 1.29 is 19.0 Å². The fourth-order valence-electron chi connectivity index (χ4n) is 0.401. The zero-order valence-corrected chi connectivity index (χ0v) is 6.93. The summed E-state index contributed by atoms with van der Waals surface area (Å²) in [6.45, 7) is 1.22. The van der Waals surface area contributed by atoms with E-state index in [0.717, 1.165) is 0 Å². The van der Waals surface area contributed by atoms with Crippen LogP contribution < -0.4 is 0 Å². The van der Waals surface area contributed by atoms with Gasteiger partial charge in [-0.15, -0.1) is 0 Å². The molecule has 0 amide bonds. The van der Waals surface area contributed by atoms with Crippen molar-refractivity contribution in [1.29, 1.82) is 0 Å². The fraction of sp³-hybridized carbons (Fsp3) is 0.800. The van der Waals surface area contributed by atoms with Gasteiger partial charge in [0.25, 0.3) is 0 Å². The maximum absolute atomic E-state index is 10.6. The molecular weight excluding hydrogens is 155 g/mol. The van der Waals surface area contributed by atoms with Gasteiger partial charge in [0.15, 0.2) is 7.37 Å². The molecule has 0 saturated carbocycles. The Bertz CT molecular complexity index is 159. The van der Waals surface area contributed by atoms with E-state index in [2.05, 4.69) is 4.74 Å². The third-order valence-electron chi connectivity index (χ3n) is 0.958. The van der Waals surface area contributed by atoms with E-state index >= 15 is 0 Å². The second-order valence-corrected chi connectivity index (χ2v) is 4.65. The SMILES string of the molecule is COC(=O)CCP(C)(=O)O. The Kier molecular flexibility index (Phi) is 3.61. The molecule has 0 aliphatic heterocycles. The van der Waals surface area contributed by atoms with Gasteiger partial charge < -0.3 is 9.63 Å². The first-order chi connectivity index (χ1) is 4.45. The predicted molar refractivity (Wildman–Crippen MR) is 37.2 cm³/mol. The zero-order chi connectivity index (χ0) is 8.20. The Morgan fingerprint density at radius 3 is 2.50 bits per heavy atom. The summed E-state index contributed by atoms with van der Waals surface area (Å²) in [7, 11) is -1.78. The topological polar surface area (TPSA) is 63.6 Å². The van der Waals surface area contributed by atoms with Crippen LogP contribution >= 0.6 is 7.37 Å². The zero-order valence-electron chi connectivity index (χ0n) is 6.03. The van der Waals surface area contributed by atoms with E-state index in [-0.39, 0.29) is 12.6 Å². The van der Waals surface area contributed by atoms with Crippen LogP contribution in [0.1, 0.15) is 6.42 Å². The molecule has 0 saturated heterocycles. The van der Waals surface area contributed by atoms with E-state index in [1.807, 2.05) is 0 Å². The highest BCUT2D eigenvalue weighted by atomic mass is 31.2. The number of ether oxygens (including phenoxy) is 1. The van der Waals surface area contributed by atoms with Gasteiger partial charge in [0.05, 0.1) is 13.5 Å². The predicted octanol–water partition coefficient (Wildman–Crippen LogP) is 0.450. The molecule has 0 aliphatic carbocycles. The molecule has 0 radical (unpaired) electrons. The third-order valence-corrected chi connectivity index (χ3v) is 2.01. The van der Waals surface area contributed by atoms with Gasteiger partial charge in [-0.3, -0.25) is 9.36 Å². The lowest BCUT2D eigenvalue weighted by Gasteiger charge is -2.02. The number of methoxy groups -OCH3 is 1. The molecule has 0 heterocycles. The van der Waals surface area contributed by atoms with E-state index < -0.39 is 13.3 Å². The molecule has 5 heteroatoms. The molecule has 0 rings (SSSR count). The normalized spacial score (nSPS) is 15.9. The van der Waals surface area contributed by atoms with Crippen LogP contribution in [0.2, 0.25) is 0 Å². The van der Waals surface area contributed by atoms with Crippen molar-refractivity contribution in [2.75, 3.05) is 19.9 Å². The van der Waals surface area contributed by atoms with Gasteiger partial charge in [0, 0.05) is 12.8 Å². The van der Waals surface area contributed by atoms with E-state index in [1.54, 1.807) is 0 Å². The fourth-order valence-corrected chi connectivity index (χ4v) is 0.998. The van der Waals surface area contributed by atoms with Crippen LogP contribution in [-0.2, 0) is 14.1 Å². The lowest BCUT2D eigenvalue weighted by atomic mass is 10.5. The lowest BCUT2D eigenvalue weighted by Crippen LogP contribution is -2.02. The molecule has 0 aliphatic rings. The maximum atomic E-state index is 10.6. The molecule has 1 N–H and O–H groups in total. The minimum atomic E-state index is -3.03. The highest BCUT2D eigenvalue weighted by Gasteiger charge is 2.12. The van der Waals surface area contributed by atoms with Gasteiger partial charge in [-0.05, 0) is 0 Å². The molecule has 0 spiro atoms. The van der Waals surface area contributed by atoms with Crippen LogP contribution in [0.5, 0.6) is 0 Å². The molecule has 0 aromatic rings. The first-order valence-electron chi connectivity index (χ1n) is 2.82. The van der Waals surface area contributed by atoms with Crippen LogP contribution in [0.25, 0.3) is 0 Å². The van der Waals surface area contributed by atoms with Gasteiger partial charge in [-0.1, -0.05) is 0 Å². The first-order valence-corrected chi connectivity index (χ1v) is 5.11. The Hall–Kier alpha value is -0.340. The van der Waals surface area contributed by atoms with Crippen molar-refractivity contribution in [3.05, 3.63) is 0 Å². The van der Waals surface area contributed by atoms with E-state index in [0.29, 0.717) is 0 Å². The van der Waals surface area contributed by atoms with Crippen LogP contribution in [0.4, 0.5) is 0 Å². The molecule has 60 valence electrons. The summed E-state index contributed by atoms with van der Waals surface area (Å²) in [5.74, 6) is -0.448. The summed E-state index contributed by atoms with van der Waals surface area (Å²) in [6.07, 6.45) is 0.0143. The molecule has 1 unspecified atom stereocenters. The lowest BCUT2D eigenvalue weighted by molar-refractivity contribution is -0.140. The van der Waals surface area contributed by atoms with Gasteiger partial charge in [0.1, 0.15) is 0 Å². The Labute approximate surface area is 59.6 Å². The summed E-state index contributed by atoms with van der Waals surface area (Å²) in [6, 6.07) is 0. The highest BCUT2D eigenvalue weighted by molar-refractivity contribution is 7.57. The Morgan fingerprint density at radius 2 is 2.20 bits per heavy atom. The molecule has 10 heavy (non-hydrogen) atoms.